The first-order chi connectivity index (χ1) is 7.20. The van der Waals surface area contributed by atoms with Gasteiger partial charge in [-0.3, -0.25) is 0 Å². The lowest BCUT2D eigenvalue weighted by Gasteiger charge is -2.24. The molecule has 0 amide bonds. The van der Waals surface area contributed by atoms with Crippen LogP contribution in [0.25, 0.3) is 0 Å². The molecular formula is C10H16N4O. The third-order valence-electron chi connectivity index (χ3n) is 2.73. The van der Waals surface area contributed by atoms with Crippen LogP contribution in [0.4, 0.5) is 11.6 Å². The van der Waals surface area contributed by atoms with Crippen LogP contribution < -0.4 is 10.6 Å². The quantitative estimate of drug-likeness (QED) is 0.732. The van der Waals surface area contributed by atoms with Crippen LogP contribution in [0, 0.1) is 6.92 Å². The monoisotopic (exact) mass is 208 g/mol. The van der Waals surface area contributed by atoms with Gasteiger partial charge >= 0.3 is 0 Å². The number of anilines is 2. The second-order valence-electron chi connectivity index (χ2n) is 3.87. The van der Waals surface area contributed by atoms with Crippen molar-refractivity contribution in [3.8, 4) is 0 Å². The highest BCUT2D eigenvalue weighted by Gasteiger charge is 2.25. The molecule has 2 heterocycles. The Hall–Kier alpha value is -1.36. The normalized spacial score (nSPS) is 20.9. The van der Waals surface area contributed by atoms with Gasteiger partial charge in [0.05, 0.1) is 12.6 Å². The van der Waals surface area contributed by atoms with Crippen molar-refractivity contribution >= 4 is 11.6 Å². The van der Waals surface area contributed by atoms with Gasteiger partial charge in [0.2, 0.25) is 0 Å². The zero-order chi connectivity index (χ0) is 10.8. The van der Waals surface area contributed by atoms with Crippen LogP contribution in [-0.2, 0) is 0 Å². The molecule has 1 aromatic heterocycles. The van der Waals surface area contributed by atoms with Crippen molar-refractivity contribution in [2.24, 2.45) is 0 Å². The van der Waals surface area contributed by atoms with Crippen LogP contribution in [-0.4, -0.2) is 34.3 Å². The molecule has 1 aliphatic rings. The van der Waals surface area contributed by atoms with Gasteiger partial charge in [-0.05, 0) is 19.8 Å². The SMILES string of the molecule is Cc1nc(N)cc(N2CCCC2CO)n1. The van der Waals surface area contributed by atoms with Crippen molar-refractivity contribution in [3.63, 3.8) is 0 Å². The van der Waals surface area contributed by atoms with Crippen LogP contribution in [0.2, 0.25) is 0 Å². The fourth-order valence-electron chi connectivity index (χ4n) is 2.05. The number of nitrogens with zero attached hydrogens (tertiary/aromatic N) is 3. The summed E-state index contributed by atoms with van der Waals surface area (Å²) in [5, 5.41) is 9.22. The molecule has 0 aliphatic carbocycles. The molecule has 1 unspecified atom stereocenters. The van der Waals surface area contributed by atoms with Crippen LogP contribution in [0.15, 0.2) is 6.07 Å². The van der Waals surface area contributed by atoms with E-state index in [1.165, 1.54) is 0 Å². The smallest absolute Gasteiger partial charge is 0.134 e. The van der Waals surface area contributed by atoms with E-state index < -0.39 is 0 Å². The Labute approximate surface area is 88.9 Å². The van der Waals surface area contributed by atoms with E-state index in [-0.39, 0.29) is 12.6 Å². The van der Waals surface area contributed by atoms with Gasteiger partial charge < -0.3 is 15.7 Å². The van der Waals surface area contributed by atoms with Crippen molar-refractivity contribution < 1.29 is 5.11 Å². The van der Waals surface area contributed by atoms with E-state index in [1.807, 2.05) is 6.92 Å². The highest BCUT2D eigenvalue weighted by atomic mass is 16.3. The number of aromatic nitrogens is 2. The van der Waals surface area contributed by atoms with Crippen LogP contribution >= 0.6 is 0 Å². The van der Waals surface area contributed by atoms with E-state index in [0.717, 1.165) is 25.2 Å². The van der Waals surface area contributed by atoms with Gasteiger partial charge in [0.25, 0.3) is 0 Å². The maximum atomic E-state index is 9.22. The Morgan fingerprint density at radius 1 is 1.60 bits per heavy atom. The average molecular weight is 208 g/mol. The van der Waals surface area contributed by atoms with Gasteiger partial charge in [0.1, 0.15) is 17.5 Å². The van der Waals surface area contributed by atoms with E-state index in [0.29, 0.717) is 11.6 Å². The highest BCUT2D eigenvalue weighted by Crippen LogP contribution is 2.24. The number of nitrogen functional groups attached to an aromatic ring is 1. The molecule has 1 aromatic rings. The molecule has 5 heteroatoms. The van der Waals surface area contributed by atoms with E-state index in [2.05, 4.69) is 14.9 Å². The van der Waals surface area contributed by atoms with E-state index in [9.17, 15) is 5.11 Å². The molecule has 2 rings (SSSR count). The highest BCUT2D eigenvalue weighted by molar-refractivity contribution is 5.48. The molecule has 82 valence electrons. The number of aryl methyl sites for hydroxylation is 1. The number of hydrogen-bond donors (Lipinski definition) is 2. The summed E-state index contributed by atoms with van der Waals surface area (Å²) in [6.45, 7) is 2.92. The summed E-state index contributed by atoms with van der Waals surface area (Å²) in [7, 11) is 0. The van der Waals surface area contributed by atoms with Gasteiger partial charge in [-0.1, -0.05) is 0 Å². The predicted molar refractivity (Wildman–Crippen MR) is 58.6 cm³/mol. The lowest BCUT2D eigenvalue weighted by atomic mass is 10.2. The number of rotatable bonds is 2. The third-order valence-corrected chi connectivity index (χ3v) is 2.73. The van der Waals surface area contributed by atoms with Crippen molar-refractivity contribution in [1.82, 2.24) is 9.97 Å². The Morgan fingerprint density at radius 2 is 2.40 bits per heavy atom. The third kappa shape index (κ3) is 2.02. The van der Waals surface area contributed by atoms with Gasteiger partial charge in [-0.2, -0.15) is 0 Å². The van der Waals surface area contributed by atoms with E-state index >= 15 is 0 Å². The molecule has 0 radical (unpaired) electrons. The fourth-order valence-corrected chi connectivity index (χ4v) is 2.05. The van der Waals surface area contributed by atoms with Crippen molar-refractivity contribution in [2.75, 3.05) is 23.8 Å². The summed E-state index contributed by atoms with van der Waals surface area (Å²) in [5.74, 6) is 1.99. The van der Waals surface area contributed by atoms with Crippen LogP contribution in [0.1, 0.15) is 18.7 Å². The molecular weight excluding hydrogens is 192 g/mol. The molecule has 1 atom stereocenters. The lowest BCUT2D eigenvalue weighted by molar-refractivity contribution is 0.266. The standard InChI is InChI=1S/C10H16N4O/c1-7-12-9(11)5-10(13-7)14-4-2-3-8(14)6-15/h5,8,15H,2-4,6H2,1H3,(H2,11,12,13). The Morgan fingerprint density at radius 3 is 3.07 bits per heavy atom. The molecule has 15 heavy (non-hydrogen) atoms. The number of aliphatic hydroxyl groups is 1. The molecule has 1 saturated heterocycles. The maximum absolute atomic E-state index is 9.22. The summed E-state index contributed by atoms with van der Waals surface area (Å²) in [6.07, 6.45) is 2.10. The molecule has 0 bridgehead atoms. The summed E-state index contributed by atoms with van der Waals surface area (Å²) in [4.78, 5) is 10.5. The van der Waals surface area contributed by atoms with E-state index in [1.54, 1.807) is 6.07 Å². The number of nitrogens with two attached hydrogens (primary N) is 1. The maximum Gasteiger partial charge on any atom is 0.134 e. The minimum Gasteiger partial charge on any atom is -0.394 e. The second-order valence-corrected chi connectivity index (χ2v) is 3.87. The summed E-state index contributed by atoms with van der Waals surface area (Å²) >= 11 is 0. The lowest BCUT2D eigenvalue weighted by Crippen LogP contribution is -2.33. The van der Waals surface area contributed by atoms with Gasteiger partial charge in [0.15, 0.2) is 0 Å². The first kappa shape index (κ1) is 10.2. The average Bonchev–Trinajstić information content (AvgIpc) is 2.63. The Kier molecular flexibility index (Phi) is 2.73. The van der Waals surface area contributed by atoms with Gasteiger partial charge in [0, 0.05) is 12.6 Å². The molecule has 0 aromatic carbocycles. The summed E-state index contributed by atoms with van der Waals surface area (Å²) < 4.78 is 0. The first-order valence-electron chi connectivity index (χ1n) is 5.19. The predicted octanol–water partition coefficient (Wildman–Crippen LogP) is 0.328. The summed E-state index contributed by atoms with van der Waals surface area (Å²) in [5.41, 5.74) is 5.67. The zero-order valence-electron chi connectivity index (χ0n) is 8.85. The minimum absolute atomic E-state index is 0.170. The topological polar surface area (TPSA) is 75.3 Å². The van der Waals surface area contributed by atoms with E-state index in [4.69, 9.17) is 5.73 Å². The molecule has 1 aliphatic heterocycles. The van der Waals surface area contributed by atoms with Gasteiger partial charge in [-0.15, -0.1) is 0 Å². The zero-order valence-corrected chi connectivity index (χ0v) is 8.85. The van der Waals surface area contributed by atoms with Crippen LogP contribution in [0.5, 0.6) is 0 Å². The number of aliphatic hydroxyl groups excluding tert-OH is 1. The molecule has 0 saturated carbocycles. The van der Waals surface area contributed by atoms with Crippen LogP contribution in [0.3, 0.4) is 0 Å². The largest absolute Gasteiger partial charge is 0.394 e. The fraction of sp³-hybridized carbons (Fsp3) is 0.600. The second kappa shape index (κ2) is 4.02. The first-order valence-corrected chi connectivity index (χ1v) is 5.19. The minimum atomic E-state index is 0.170. The molecule has 3 N–H and O–H groups in total. The Balaban J connectivity index is 2.28. The molecule has 5 nitrogen and oxygen atoms in total. The summed E-state index contributed by atoms with van der Waals surface area (Å²) in [6, 6.07) is 1.94. The van der Waals surface area contributed by atoms with Gasteiger partial charge in [-0.25, -0.2) is 9.97 Å². The van der Waals surface area contributed by atoms with Crippen molar-refractivity contribution in [1.29, 1.82) is 0 Å². The molecule has 1 fully saturated rings. The van der Waals surface area contributed by atoms with Crippen molar-refractivity contribution in [2.45, 2.75) is 25.8 Å². The van der Waals surface area contributed by atoms with Crippen molar-refractivity contribution in [3.05, 3.63) is 11.9 Å². The number of hydrogen-bond acceptors (Lipinski definition) is 5. The Bertz CT molecular complexity index is 335. The molecule has 0 spiro atoms.